The highest BCUT2D eigenvalue weighted by Gasteiger charge is 2.31. The number of aromatic nitrogens is 2. The topological polar surface area (TPSA) is 49.0 Å². The van der Waals surface area contributed by atoms with Gasteiger partial charge in [0.25, 0.3) is 0 Å². The number of rotatable bonds is 3. The van der Waals surface area contributed by atoms with Crippen molar-refractivity contribution in [3.8, 4) is 0 Å². The van der Waals surface area contributed by atoms with Gasteiger partial charge in [0, 0.05) is 18.9 Å². The zero-order valence-corrected chi connectivity index (χ0v) is 12.6. The van der Waals surface area contributed by atoms with Crippen molar-refractivity contribution in [2.24, 2.45) is 0 Å². The molecule has 1 aliphatic heterocycles. The van der Waals surface area contributed by atoms with Crippen molar-refractivity contribution in [2.45, 2.75) is 39.2 Å². The predicted molar refractivity (Wildman–Crippen MR) is 81.9 cm³/mol. The first-order valence-electron chi connectivity index (χ1n) is 7.50. The molecule has 1 N–H and O–H groups in total. The zero-order chi connectivity index (χ0) is 14.8. The third-order valence-corrected chi connectivity index (χ3v) is 4.25. The first-order chi connectivity index (χ1) is 10.1. The Labute approximate surface area is 125 Å². The van der Waals surface area contributed by atoms with E-state index >= 15 is 0 Å². The standard InChI is InChI=1S/C17H21N3O/c1-12-5-6-13(2)14(10-12)11-16(21)20-9-3-4-15(20)17-18-7-8-19-17/h5-8,10,15H,3-4,9,11H2,1-2H3,(H,18,19)/t15-/m1/s1. The summed E-state index contributed by atoms with van der Waals surface area (Å²) in [5, 5.41) is 0. The number of amides is 1. The molecule has 1 aromatic carbocycles. The van der Waals surface area contributed by atoms with Gasteiger partial charge in [0.2, 0.25) is 5.91 Å². The summed E-state index contributed by atoms with van der Waals surface area (Å²) >= 11 is 0. The molecule has 2 aromatic rings. The number of nitrogens with one attached hydrogen (secondary N) is 1. The second kappa shape index (κ2) is 5.72. The Morgan fingerprint density at radius 1 is 1.43 bits per heavy atom. The maximum Gasteiger partial charge on any atom is 0.227 e. The van der Waals surface area contributed by atoms with Crippen LogP contribution in [0.15, 0.2) is 30.6 Å². The lowest BCUT2D eigenvalue weighted by Crippen LogP contribution is -2.32. The summed E-state index contributed by atoms with van der Waals surface area (Å²) in [6.07, 6.45) is 6.09. The van der Waals surface area contributed by atoms with E-state index < -0.39 is 0 Å². The van der Waals surface area contributed by atoms with E-state index in [1.165, 1.54) is 11.1 Å². The quantitative estimate of drug-likeness (QED) is 0.941. The molecule has 4 heteroatoms. The molecule has 1 aliphatic rings. The highest BCUT2D eigenvalue weighted by atomic mass is 16.2. The summed E-state index contributed by atoms with van der Waals surface area (Å²) in [4.78, 5) is 22.1. The number of nitrogens with zero attached hydrogens (tertiary/aromatic N) is 2. The molecule has 4 nitrogen and oxygen atoms in total. The largest absolute Gasteiger partial charge is 0.347 e. The Bertz CT molecular complexity index is 633. The predicted octanol–water partition coefficient (Wildman–Crippen LogP) is 2.93. The first-order valence-corrected chi connectivity index (χ1v) is 7.50. The Hall–Kier alpha value is -2.10. The van der Waals surface area contributed by atoms with Crippen LogP contribution in [0.2, 0.25) is 0 Å². The Morgan fingerprint density at radius 2 is 2.29 bits per heavy atom. The van der Waals surface area contributed by atoms with E-state index in [9.17, 15) is 4.79 Å². The highest BCUT2D eigenvalue weighted by Crippen LogP contribution is 2.30. The van der Waals surface area contributed by atoms with Crippen LogP contribution in [-0.4, -0.2) is 27.3 Å². The van der Waals surface area contributed by atoms with Crippen LogP contribution in [0.3, 0.4) is 0 Å². The lowest BCUT2D eigenvalue weighted by molar-refractivity contribution is -0.131. The molecular formula is C17H21N3O. The van der Waals surface area contributed by atoms with Gasteiger partial charge in [-0.2, -0.15) is 0 Å². The summed E-state index contributed by atoms with van der Waals surface area (Å²) in [6, 6.07) is 6.40. The molecule has 0 spiro atoms. The van der Waals surface area contributed by atoms with Crippen molar-refractivity contribution >= 4 is 5.91 Å². The molecule has 0 saturated carbocycles. The second-order valence-electron chi connectivity index (χ2n) is 5.83. The van der Waals surface area contributed by atoms with Gasteiger partial charge < -0.3 is 9.88 Å². The maximum atomic E-state index is 12.7. The summed E-state index contributed by atoms with van der Waals surface area (Å²) in [6.45, 7) is 4.96. The monoisotopic (exact) mass is 283 g/mol. The molecule has 2 heterocycles. The Balaban J connectivity index is 1.77. The fourth-order valence-electron chi connectivity index (χ4n) is 3.06. The van der Waals surface area contributed by atoms with Gasteiger partial charge in [-0.3, -0.25) is 4.79 Å². The number of aromatic amines is 1. The van der Waals surface area contributed by atoms with Gasteiger partial charge in [0.15, 0.2) is 0 Å². The van der Waals surface area contributed by atoms with Crippen molar-refractivity contribution < 1.29 is 4.79 Å². The van der Waals surface area contributed by atoms with Gasteiger partial charge in [0.05, 0.1) is 12.5 Å². The Morgan fingerprint density at radius 3 is 3.05 bits per heavy atom. The fraction of sp³-hybridized carbons (Fsp3) is 0.412. The van der Waals surface area contributed by atoms with Gasteiger partial charge in [-0.15, -0.1) is 0 Å². The van der Waals surface area contributed by atoms with Gasteiger partial charge in [-0.1, -0.05) is 23.8 Å². The Kier molecular flexibility index (Phi) is 3.78. The summed E-state index contributed by atoms with van der Waals surface area (Å²) in [5.41, 5.74) is 3.51. The molecule has 1 fully saturated rings. The van der Waals surface area contributed by atoms with E-state index in [4.69, 9.17) is 0 Å². The highest BCUT2D eigenvalue weighted by molar-refractivity contribution is 5.79. The van der Waals surface area contributed by atoms with Crippen LogP contribution in [0.1, 0.15) is 41.4 Å². The van der Waals surface area contributed by atoms with Crippen LogP contribution < -0.4 is 0 Å². The van der Waals surface area contributed by atoms with Crippen LogP contribution in [0.25, 0.3) is 0 Å². The lowest BCUT2D eigenvalue weighted by Gasteiger charge is -2.23. The van der Waals surface area contributed by atoms with E-state index in [1.54, 1.807) is 6.20 Å². The van der Waals surface area contributed by atoms with E-state index in [2.05, 4.69) is 42.0 Å². The van der Waals surface area contributed by atoms with Crippen LogP contribution in [0, 0.1) is 13.8 Å². The summed E-state index contributed by atoms with van der Waals surface area (Å²) < 4.78 is 0. The van der Waals surface area contributed by atoms with E-state index in [0.717, 1.165) is 30.8 Å². The number of likely N-dealkylation sites (tertiary alicyclic amines) is 1. The van der Waals surface area contributed by atoms with E-state index in [-0.39, 0.29) is 11.9 Å². The molecule has 0 radical (unpaired) electrons. The number of carbonyl (C=O) groups is 1. The van der Waals surface area contributed by atoms with Crippen LogP contribution in [0.4, 0.5) is 0 Å². The van der Waals surface area contributed by atoms with Gasteiger partial charge in [0.1, 0.15) is 5.82 Å². The number of H-pyrrole nitrogens is 1. The zero-order valence-electron chi connectivity index (χ0n) is 12.6. The SMILES string of the molecule is Cc1ccc(C)c(CC(=O)N2CCC[C@@H]2c2ncc[nH]2)c1. The normalized spacial score (nSPS) is 18.2. The van der Waals surface area contributed by atoms with Crippen molar-refractivity contribution in [3.05, 3.63) is 53.1 Å². The second-order valence-corrected chi connectivity index (χ2v) is 5.83. The molecule has 1 aromatic heterocycles. The summed E-state index contributed by atoms with van der Waals surface area (Å²) in [7, 11) is 0. The minimum Gasteiger partial charge on any atom is -0.347 e. The lowest BCUT2D eigenvalue weighted by atomic mass is 10.0. The van der Waals surface area contributed by atoms with E-state index in [0.29, 0.717) is 6.42 Å². The van der Waals surface area contributed by atoms with Gasteiger partial charge in [-0.25, -0.2) is 4.98 Å². The number of hydrogen-bond acceptors (Lipinski definition) is 2. The smallest absolute Gasteiger partial charge is 0.227 e. The molecule has 1 amide bonds. The van der Waals surface area contributed by atoms with E-state index in [1.807, 2.05) is 11.1 Å². The van der Waals surface area contributed by atoms with Crippen molar-refractivity contribution in [1.29, 1.82) is 0 Å². The van der Waals surface area contributed by atoms with Crippen LogP contribution in [-0.2, 0) is 11.2 Å². The molecule has 0 aliphatic carbocycles. The van der Waals surface area contributed by atoms with Gasteiger partial charge >= 0.3 is 0 Å². The number of carbonyl (C=O) groups excluding carboxylic acids is 1. The first kappa shape index (κ1) is 13.9. The molecule has 1 atom stereocenters. The van der Waals surface area contributed by atoms with Gasteiger partial charge in [-0.05, 0) is 37.8 Å². The molecule has 1 saturated heterocycles. The summed E-state index contributed by atoms with van der Waals surface area (Å²) in [5.74, 6) is 1.10. The third kappa shape index (κ3) is 2.84. The van der Waals surface area contributed by atoms with Crippen molar-refractivity contribution in [3.63, 3.8) is 0 Å². The molecular weight excluding hydrogens is 262 g/mol. The fourth-order valence-corrected chi connectivity index (χ4v) is 3.06. The molecule has 110 valence electrons. The van der Waals surface area contributed by atoms with Crippen LogP contribution in [0.5, 0.6) is 0 Å². The molecule has 3 rings (SSSR count). The number of aryl methyl sites for hydroxylation is 2. The minimum absolute atomic E-state index is 0.109. The maximum absolute atomic E-state index is 12.7. The number of imidazole rings is 1. The molecule has 21 heavy (non-hydrogen) atoms. The molecule has 0 unspecified atom stereocenters. The van der Waals surface area contributed by atoms with Crippen LogP contribution >= 0.6 is 0 Å². The minimum atomic E-state index is 0.109. The number of hydrogen-bond donors (Lipinski definition) is 1. The average molecular weight is 283 g/mol. The van der Waals surface area contributed by atoms with Crippen molar-refractivity contribution in [2.75, 3.05) is 6.54 Å². The average Bonchev–Trinajstić information content (AvgIpc) is 3.12. The van der Waals surface area contributed by atoms with Crippen molar-refractivity contribution in [1.82, 2.24) is 14.9 Å². The molecule has 0 bridgehead atoms. The number of benzene rings is 1. The third-order valence-electron chi connectivity index (χ3n) is 4.25.